The van der Waals surface area contributed by atoms with Crippen molar-refractivity contribution in [2.24, 2.45) is 17.8 Å². The fraction of sp³-hybridized carbons (Fsp3) is 0.600. The van der Waals surface area contributed by atoms with Crippen LogP contribution in [0.25, 0.3) is 11.0 Å². The van der Waals surface area contributed by atoms with Crippen LogP contribution in [0.3, 0.4) is 0 Å². The Kier molecular flexibility index (Phi) is 3.86. The Morgan fingerprint density at radius 1 is 1.29 bits per heavy atom. The molecule has 0 aliphatic heterocycles. The third-order valence-electron chi connectivity index (χ3n) is 6.37. The molecule has 4 atom stereocenters. The molecule has 1 aromatic carbocycles. The number of imidazole rings is 1. The minimum Gasteiger partial charge on any atom is -0.352 e. The van der Waals surface area contributed by atoms with Gasteiger partial charge in [-0.25, -0.2) is 4.98 Å². The molecular weight excluding hydrogens is 298 g/mol. The number of aromatic nitrogens is 2. The molecule has 128 valence electrons. The average molecular weight is 325 g/mol. The van der Waals surface area contributed by atoms with Gasteiger partial charge in [0, 0.05) is 6.04 Å². The molecule has 0 unspecified atom stereocenters. The van der Waals surface area contributed by atoms with Crippen LogP contribution in [0.2, 0.25) is 0 Å². The van der Waals surface area contributed by atoms with Gasteiger partial charge in [0.05, 0.1) is 17.4 Å². The van der Waals surface area contributed by atoms with Crippen LogP contribution in [0.15, 0.2) is 18.5 Å². The Balaban J connectivity index is 1.43. The van der Waals surface area contributed by atoms with E-state index < -0.39 is 0 Å². The molecular formula is C20H27N3O. The summed E-state index contributed by atoms with van der Waals surface area (Å²) in [5.74, 6) is 2.54. The number of amides is 1. The molecule has 1 N–H and O–H groups in total. The maximum absolute atomic E-state index is 12.5. The number of benzene rings is 1. The third-order valence-corrected chi connectivity index (χ3v) is 6.37. The number of nitrogens with one attached hydrogen (secondary N) is 1. The third kappa shape index (κ3) is 2.72. The van der Waals surface area contributed by atoms with Crippen LogP contribution in [-0.4, -0.2) is 21.5 Å². The van der Waals surface area contributed by atoms with Gasteiger partial charge >= 0.3 is 0 Å². The first-order valence-corrected chi connectivity index (χ1v) is 9.22. The van der Waals surface area contributed by atoms with E-state index >= 15 is 0 Å². The van der Waals surface area contributed by atoms with Gasteiger partial charge in [-0.15, -0.1) is 0 Å². The lowest BCUT2D eigenvalue weighted by molar-refractivity contribution is -0.122. The number of fused-ring (bicyclic) bond motifs is 3. The van der Waals surface area contributed by atoms with E-state index in [9.17, 15) is 4.79 Å². The van der Waals surface area contributed by atoms with Gasteiger partial charge in [-0.2, -0.15) is 0 Å². The number of aryl methyl sites for hydroxylation is 2. The summed E-state index contributed by atoms with van der Waals surface area (Å²) in [5.41, 5.74) is 4.48. The zero-order valence-corrected chi connectivity index (χ0v) is 14.9. The van der Waals surface area contributed by atoms with E-state index in [4.69, 9.17) is 0 Å². The molecule has 1 amide bonds. The molecule has 0 spiro atoms. The van der Waals surface area contributed by atoms with Crippen LogP contribution in [-0.2, 0) is 11.3 Å². The van der Waals surface area contributed by atoms with E-state index in [-0.39, 0.29) is 11.9 Å². The molecule has 4 nitrogen and oxygen atoms in total. The number of hydrogen-bond acceptors (Lipinski definition) is 2. The number of rotatable bonds is 4. The Labute approximate surface area is 143 Å². The van der Waals surface area contributed by atoms with Crippen molar-refractivity contribution in [3.63, 3.8) is 0 Å². The summed E-state index contributed by atoms with van der Waals surface area (Å²) in [6.45, 7) is 6.73. The maximum atomic E-state index is 12.5. The van der Waals surface area contributed by atoms with E-state index in [1.54, 1.807) is 6.33 Å². The largest absolute Gasteiger partial charge is 0.352 e. The molecule has 4 rings (SSSR count). The first kappa shape index (κ1) is 15.7. The summed E-state index contributed by atoms with van der Waals surface area (Å²) in [7, 11) is 0. The standard InChI is InChI=1S/C20H27N3O/c1-12-6-18-19(7-13(12)2)23(11-21-18)10-20(24)22-14(3)17-9-15-4-5-16(17)8-15/h6-7,11,14-17H,4-5,8-10H2,1-3H3,(H,22,24)/t14-,15-,16-,17-/m0/s1. The Morgan fingerprint density at radius 3 is 2.79 bits per heavy atom. The normalized spacial score (nSPS) is 26.9. The summed E-state index contributed by atoms with van der Waals surface area (Å²) < 4.78 is 1.96. The van der Waals surface area contributed by atoms with Gasteiger partial charge in [0.15, 0.2) is 0 Å². The second kappa shape index (κ2) is 5.91. The molecule has 0 radical (unpaired) electrons. The zero-order chi connectivity index (χ0) is 16.8. The minimum atomic E-state index is 0.0998. The summed E-state index contributed by atoms with van der Waals surface area (Å²) >= 11 is 0. The maximum Gasteiger partial charge on any atom is 0.240 e. The molecule has 2 aliphatic rings. The van der Waals surface area contributed by atoms with Crippen molar-refractivity contribution < 1.29 is 4.79 Å². The van der Waals surface area contributed by atoms with Crippen molar-refractivity contribution in [3.05, 3.63) is 29.6 Å². The van der Waals surface area contributed by atoms with Crippen LogP contribution >= 0.6 is 0 Å². The quantitative estimate of drug-likeness (QED) is 0.934. The van der Waals surface area contributed by atoms with Crippen molar-refractivity contribution in [1.82, 2.24) is 14.9 Å². The van der Waals surface area contributed by atoms with Gasteiger partial charge < -0.3 is 9.88 Å². The minimum absolute atomic E-state index is 0.0998. The Morgan fingerprint density at radius 2 is 2.08 bits per heavy atom. The smallest absolute Gasteiger partial charge is 0.240 e. The molecule has 1 heterocycles. The average Bonchev–Trinajstić information content (AvgIpc) is 3.25. The molecule has 2 bridgehead atoms. The Hall–Kier alpha value is -1.84. The van der Waals surface area contributed by atoms with Crippen molar-refractivity contribution in [2.75, 3.05) is 0 Å². The Bertz CT molecular complexity index is 779. The highest BCUT2D eigenvalue weighted by Crippen LogP contribution is 2.49. The number of hydrogen-bond donors (Lipinski definition) is 1. The first-order valence-electron chi connectivity index (χ1n) is 9.22. The number of nitrogens with zero attached hydrogens (tertiary/aromatic N) is 2. The highest BCUT2D eigenvalue weighted by Gasteiger charge is 2.42. The van der Waals surface area contributed by atoms with Gasteiger partial charge in [-0.3, -0.25) is 4.79 Å². The molecule has 0 saturated heterocycles. The second-order valence-corrected chi connectivity index (χ2v) is 7.99. The van der Waals surface area contributed by atoms with Crippen molar-refractivity contribution in [3.8, 4) is 0 Å². The van der Waals surface area contributed by atoms with Crippen LogP contribution in [0.5, 0.6) is 0 Å². The predicted octanol–water partition coefficient (Wildman–Crippen LogP) is 3.59. The molecule has 4 heteroatoms. The number of carbonyl (C=O) groups is 1. The van der Waals surface area contributed by atoms with Gasteiger partial charge in [-0.05, 0) is 81.0 Å². The lowest BCUT2D eigenvalue weighted by Crippen LogP contribution is -2.41. The summed E-state index contributed by atoms with van der Waals surface area (Å²) in [6, 6.07) is 4.51. The molecule has 24 heavy (non-hydrogen) atoms. The molecule has 1 aromatic heterocycles. The molecule has 2 saturated carbocycles. The summed E-state index contributed by atoms with van der Waals surface area (Å²) in [4.78, 5) is 17.0. The zero-order valence-electron chi connectivity index (χ0n) is 14.9. The van der Waals surface area contributed by atoms with E-state index in [0.717, 1.165) is 22.9 Å². The van der Waals surface area contributed by atoms with Crippen LogP contribution in [0.1, 0.15) is 43.7 Å². The van der Waals surface area contributed by atoms with Gasteiger partial charge in [0.25, 0.3) is 0 Å². The summed E-state index contributed by atoms with van der Waals surface area (Å²) in [5, 5.41) is 3.25. The summed E-state index contributed by atoms with van der Waals surface area (Å²) in [6.07, 6.45) is 7.24. The van der Waals surface area contributed by atoms with Crippen molar-refractivity contribution >= 4 is 16.9 Å². The fourth-order valence-corrected chi connectivity index (χ4v) is 4.91. The van der Waals surface area contributed by atoms with Gasteiger partial charge in [0.1, 0.15) is 6.54 Å². The topological polar surface area (TPSA) is 46.9 Å². The SMILES string of the molecule is Cc1cc2ncn(CC(=O)N[C@@H](C)[C@@H]3C[C@H]4CC[C@H]3C4)c2cc1C. The second-order valence-electron chi connectivity index (χ2n) is 7.99. The molecule has 2 aromatic rings. The lowest BCUT2D eigenvalue weighted by Gasteiger charge is -2.28. The molecule has 2 aliphatic carbocycles. The van der Waals surface area contributed by atoms with Crippen molar-refractivity contribution in [1.29, 1.82) is 0 Å². The monoisotopic (exact) mass is 325 g/mol. The highest BCUT2D eigenvalue weighted by molar-refractivity contribution is 5.81. The van der Waals surface area contributed by atoms with E-state index in [2.05, 4.69) is 43.2 Å². The fourth-order valence-electron chi connectivity index (χ4n) is 4.91. The lowest BCUT2D eigenvalue weighted by atomic mass is 9.84. The first-order chi connectivity index (χ1) is 11.5. The van der Waals surface area contributed by atoms with E-state index in [0.29, 0.717) is 12.5 Å². The van der Waals surface area contributed by atoms with E-state index in [1.165, 1.54) is 36.8 Å². The van der Waals surface area contributed by atoms with Crippen LogP contribution in [0.4, 0.5) is 0 Å². The van der Waals surface area contributed by atoms with Crippen LogP contribution < -0.4 is 5.32 Å². The van der Waals surface area contributed by atoms with E-state index in [1.807, 2.05) is 4.57 Å². The molecule has 2 fully saturated rings. The number of carbonyl (C=O) groups excluding carboxylic acids is 1. The van der Waals surface area contributed by atoms with Gasteiger partial charge in [-0.1, -0.05) is 6.42 Å². The van der Waals surface area contributed by atoms with Crippen LogP contribution in [0, 0.1) is 31.6 Å². The predicted molar refractivity (Wildman–Crippen MR) is 95.7 cm³/mol. The van der Waals surface area contributed by atoms with Gasteiger partial charge in [0.2, 0.25) is 5.91 Å². The highest BCUT2D eigenvalue weighted by atomic mass is 16.2. The van der Waals surface area contributed by atoms with Crippen molar-refractivity contribution in [2.45, 2.75) is 59.0 Å².